The zero-order valence-corrected chi connectivity index (χ0v) is 21.8. The van der Waals surface area contributed by atoms with Gasteiger partial charge in [-0.2, -0.15) is 0 Å². The summed E-state index contributed by atoms with van der Waals surface area (Å²) < 4.78 is 33.0. The van der Waals surface area contributed by atoms with E-state index in [1.807, 2.05) is 13.0 Å². The normalized spacial score (nSPS) is 24.9. The number of benzene rings is 1. The molecular weight excluding hydrogens is 440 g/mol. The van der Waals surface area contributed by atoms with Crippen LogP contribution in [0.1, 0.15) is 58.6 Å². The first-order valence-electron chi connectivity index (χ1n) is 12.0. The highest BCUT2D eigenvalue weighted by atomic mass is 32.2. The van der Waals surface area contributed by atoms with Crippen LogP contribution >= 0.6 is 0 Å². The predicted molar refractivity (Wildman–Crippen MR) is 134 cm³/mol. The maximum atomic E-state index is 12.9. The number of rotatable bonds is 5. The Kier molecular flexibility index (Phi) is 7.96. The van der Waals surface area contributed by atoms with Crippen molar-refractivity contribution in [1.29, 1.82) is 0 Å². The Bertz CT molecular complexity index is 957. The van der Waals surface area contributed by atoms with E-state index in [2.05, 4.69) is 48.7 Å². The number of nitrogens with zero attached hydrogens (tertiary/aromatic N) is 2. The molecule has 0 aliphatic carbocycles. The van der Waals surface area contributed by atoms with Gasteiger partial charge in [-0.1, -0.05) is 0 Å². The van der Waals surface area contributed by atoms with Gasteiger partial charge in [0.2, 0.25) is 10.0 Å². The summed E-state index contributed by atoms with van der Waals surface area (Å²) in [7, 11) is -3.30. The predicted octanol–water partition coefficient (Wildman–Crippen LogP) is 3.63. The van der Waals surface area contributed by atoms with Gasteiger partial charge < -0.3 is 19.9 Å². The molecule has 0 spiro atoms. The summed E-state index contributed by atoms with van der Waals surface area (Å²) in [6.45, 7) is 15.8. The Balaban J connectivity index is 1.64. The average molecular weight is 481 g/mol. The molecule has 0 aromatic heterocycles. The van der Waals surface area contributed by atoms with E-state index in [4.69, 9.17) is 4.74 Å². The molecule has 0 saturated carbocycles. The summed E-state index contributed by atoms with van der Waals surface area (Å²) in [4.78, 5) is 17.1. The van der Waals surface area contributed by atoms with Gasteiger partial charge in [0, 0.05) is 37.1 Å². The fraction of sp³-hybridized carbons (Fsp3) is 0.708. The van der Waals surface area contributed by atoms with Gasteiger partial charge >= 0.3 is 6.03 Å². The van der Waals surface area contributed by atoms with Crippen molar-refractivity contribution in [2.75, 3.05) is 29.9 Å². The molecule has 2 amide bonds. The second kappa shape index (κ2) is 10.2. The smallest absolute Gasteiger partial charge is 0.321 e. The topological polar surface area (TPSA) is 91.0 Å². The van der Waals surface area contributed by atoms with E-state index in [9.17, 15) is 13.2 Å². The summed E-state index contributed by atoms with van der Waals surface area (Å²) >= 11 is 0. The van der Waals surface area contributed by atoms with Crippen LogP contribution in [-0.2, 0) is 14.8 Å². The minimum atomic E-state index is -3.30. The van der Waals surface area contributed by atoms with Gasteiger partial charge in [0.15, 0.2) is 0 Å². The van der Waals surface area contributed by atoms with Crippen molar-refractivity contribution in [1.82, 2.24) is 9.62 Å². The van der Waals surface area contributed by atoms with E-state index >= 15 is 0 Å². The number of nitrogens with one attached hydrogen (secondary N) is 2. The molecule has 3 atom stereocenters. The molecule has 0 bridgehead atoms. The van der Waals surface area contributed by atoms with Gasteiger partial charge in [-0.05, 0) is 84.6 Å². The van der Waals surface area contributed by atoms with Gasteiger partial charge in [-0.3, -0.25) is 0 Å². The van der Waals surface area contributed by atoms with Crippen LogP contribution in [-0.4, -0.2) is 68.5 Å². The Morgan fingerprint density at radius 1 is 1.09 bits per heavy atom. The second-order valence-corrected chi connectivity index (χ2v) is 12.1. The van der Waals surface area contributed by atoms with Crippen LogP contribution in [0, 0.1) is 13.8 Å². The Labute approximate surface area is 199 Å². The number of amides is 2. The number of piperidine rings is 1. The first-order chi connectivity index (χ1) is 15.4. The van der Waals surface area contributed by atoms with Crippen molar-refractivity contribution in [2.24, 2.45) is 0 Å². The second-order valence-electron chi connectivity index (χ2n) is 9.83. The van der Waals surface area contributed by atoms with E-state index in [0.717, 1.165) is 23.4 Å². The molecule has 2 heterocycles. The highest BCUT2D eigenvalue weighted by Crippen LogP contribution is 2.33. The highest BCUT2D eigenvalue weighted by molar-refractivity contribution is 7.90. The molecule has 33 heavy (non-hydrogen) atoms. The third-order valence-electron chi connectivity index (χ3n) is 7.12. The third-order valence-corrected chi connectivity index (χ3v) is 9.02. The van der Waals surface area contributed by atoms with Crippen LogP contribution in [0.25, 0.3) is 0 Å². The average Bonchev–Trinajstić information content (AvgIpc) is 2.74. The molecule has 1 aromatic rings. The Morgan fingerprint density at radius 3 is 2.33 bits per heavy atom. The van der Waals surface area contributed by atoms with Crippen molar-refractivity contribution in [2.45, 2.75) is 90.8 Å². The molecule has 9 heteroatoms. The number of hydrogen-bond donors (Lipinski definition) is 2. The van der Waals surface area contributed by atoms with Crippen molar-refractivity contribution in [3.8, 4) is 0 Å². The molecular formula is C24H40N4O4S. The summed E-state index contributed by atoms with van der Waals surface area (Å²) in [5, 5.41) is 2.61. The number of carbonyl (C=O) groups excluding carboxylic acids is 1. The molecule has 2 aliphatic heterocycles. The van der Waals surface area contributed by atoms with Crippen LogP contribution < -0.4 is 14.9 Å². The van der Waals surface area contributed by atoms with Crippen LogP contribution in [0.2, 0.25) is 0 Å². The lowest BCUT2D eigenvalue weighted by molar-refractivity contribution is -0.0258. The van der Waals surface area contributed by atoms with Crippen molar-refractivity contribution < 1.29 is 17.9 Å². The highest BCUT2D eigenvalue weighted by Gasteiger charge is 2.31. The molecule has 1 aromatic carbocycles. The number of anilines is 2. The first kappa shape index (κ1) is 25.8. The lowest BCUT2D eigenvalue weighted by Gasteiger charge is -2.43. The third kappa shape index (κ3) is 5.81. The maximum Gasteiger partial charge on any atom is 0.321 e. The minimum absolute atomic E-state index is 0.120. The number of ether oxygens (including phenoxy) is 1. The molecule has 2 saturated heterocycles. The van der Waals surface area contributed by atoms with Crippen molar-refractivity contribution >= 4 is 27.4 Å². The van der Waals surface area contributed by atoms with Crippen LogP contribution in [0.15, 0.2) is 12.1 Å². The van der Waals surface area contributed by atoms with Gasteiger partial charge in [0.1, 0.15) is 0 Å². The molecule has 0 radical (unpaired) electrons. The summed E-state index contributed by atoms with van der Waals surface area (Å²) in [5.41, 5.74) is 4.20. The fourth-order valence-electron chi connectivity index (χ4n) is 4.55. The number of morpholine rings is 1. The SMILES string of the molecule is Cc1c(NC(=O)N2CCC(NS(=O)(=O)C(C)C)CC2)ccc(N2C[C@H](C)O[C@H](C)C2C)c1C. The van der Waals surface area contributed by atoms with Crippen molar-refractivity contribution in [3.05, 3.63) is 23.3 Å². The quantitative estimate of drug-likeness (QED) is 0.672. The molecule has 2 fully saturated rings. The number of urea groups is 1. The van der Waals surface area contributed by atoms with E-state index in [1.54, 1.807) is 18.7 Å². The van der Waals surface area contributed by atoms with Crippen molar-refractivity contribution in [3.63, 3.8) is 0 Å². The number of sulfonamides is 1. The van der Waals surface area contributed by atoms with E-state index in [1.165, 1.54) is 5.69 Å². The Hall–Kier alpha value is -1.84. The molecule has 2 N–H and O–H groups in total. The summed E-state index contributed by atoms with van der Waals surface area (Å²) in [6, 6.07) is 4.08. The first-order valence-corrected chi connectivity index (χ1v) is 13.5. The summed E-state index contributed by atoms with van der Waals surface area (Å²) in [6.07, 6.45) is 1.55. The minimum Gasteiger partial charge on any atom is -0.372 e. The fourth-order valence-corrected chi connectivity index (χ4v) is 5.53. The number of hydrogen-bond acceptors (Lipinski definition) is 5. The molecule has 1 unspecified atom stereocenters. The zero-order valence-electron chi connectivity index (χ0n) is 21.0. The lowest BCUT2D eigenvalue weighted by atomic mass is 10.0. The van der Waals surface area contributed by atoms with Crippen LogP contribution in [0.4, 0.5) is 16.2 Å². The van der Waals surface area contributed by atoms with Gasteiger partial charge in [0.05, 0.1) is 23.5 Å². The Morgan fingerprint density at radius 2 is 1.73 bits per heavy atom. The van der Waals surface area contributed by atoms with Gasteiger partial charge in [-0.15, -0.1) is 0 Å². The maximum absolute atomic E-state index is 12.9. The molecule has 8 nitrogen and oxygen atoms in total. The largest absolute Gasteiger partial charge is 0.372 e. The molecule has 3 rings (SSSR count). The van der Waals surface area contributed by atoms with Crippen LogP contribution in [0.3, 0.4) is 0 Å². The number of carbonyl (C=O) groups is 1. The zero-order chi connectivity index (χ0) is 24.5. The molecule has 186 valence electrons. The standard InChI is InChI=1S/C24H40N4O4S/c1-15(2)33(30,31)26-21-10-12-27(13-11-21)24(29)25-22-8-9-23(18(5)17(22)4)28-14-16(3)32-20(7)19(28)6/h8-9,15-16,19-21,26H,10-14H2,1-7H3,(H,25,29)/t16-,19?,20+/m0/s1. The van der Waals surface area contributed by atoms with E-state index < -0.39 is 15.3 Å². The van der Waals surface area contributed by atoms with Gasteiger partial charge in [-0.25, -0.2) is 17.9 Å². The number of likely N-dealkylation sites (tertiary alicyclic amines) is 1. The van der Waals surface area contributed by atoms with E-state index in [-0.39, 0.29) is 30.3 Å². The lowest BCUT2D eigenvalue weighted by Crippen LogP contribution is -2.52. The summed E-state index contributed by atoms with van der Waals surface area (Å²) in [5.74, 6) is 0. The van der Waals surface area contributed by atoms with Crippen LogP contribution in [0.5, 0.6) is 0 Å². The molecule has 2 aliphatic rings. The van der Waals surface area contributed by atoms with Gasteiger partial charge in [0.25, 0.3) is 0 Å². The monoisotopic (exact) mass is 480 g/mol. The van der Waals surface area contributed by atoms with E-state index in [0.29, 0.717) is 25.9 Å².